The summed E-state index contributed by atoms with van der Waals surface area (Å²) in [6.45, 7) is 12.2. The SMILES string of the molecule is C=C[C@@H](C)[C@](C)(NC(=O)[C@H]1C[C@H]2CN1C(=O)[C@@H](C(C)(C)C)NC(=O)O[C@H]1C[C@@H]1CCCCCc1nc3ccc(OC)cc3nc1O2)C(=O)NS(=O)(=O)C1CC1. The van der Waals surface area contributed by atoms with Crippen LogP contribution < -0.4 is 24.8 Å². The van der Waals surface area contributed by atoms with Gasteiger partial charge in [-0.2, -0.15) is 0 Å². The van der Waals surface area contributed by atoms with Gasteiger partial charge in [-0.25, -0.2) is 23.2 Å². The standard InChI is InChI=1S/C39H54N6O9S/c1-8-22(2)39(6,36(48)44-55(50,51)26-15-16-26)43-33(46)30-20-25-21-45(30)35(47)32(38(3,4)5)42-37(49)54-31-18-23(31)12-10-9-11-13-28-34(53-25)41-29-19-24(52-7)14-17-27(29)40-28/h8,14,17,19,22-23,25-26,30-32H,1,9-13,15-16,18,20-21H2,2-7H3,(H,42,49)(H,43,46)(H,44,48)/t22-,23+,25+,30-,31+,32+,39+/m1/s1. The van der Waals surface area contributed by atoms with E-state index in [-0.39, 0.29) is 30.9 Å². The summed E-state index contributed by atoms with van der Waals surface area (Å²) in [5.41, 5.74) is -0.692. The van der Waals surface area contributed by atoms with Crippen LogP contribution in [0.3, 0.4) is 0 Å². The Bertz CT molecular complexity index is 1950. The quantitative estimate of drug-likeness (QED) is 0.329. The van der Waals surface area contributed by atoms with Gasteiger partial charge in [0.25, 0.3) is 5.91 Å². The zero-order chi connectivity index (χ0) is 39.9. The van der Waals surface area contributed by atoms with E-state index >= 15 is 0 Å². The molecule has 300 valence electrons. The first-order valence-corrected chi connectivity index (χ1v) is 20.8. The highest BCUT2D eigenvalue weighted by molar-refractivity contribution is 7.91. The van der Waals surface area contributed by atoms with Crippen molar-refractivity contribution >= 4 is 44.9 Å². The molecule has 3 heterocycles. The van der Waals surface area contributed by atoms with Crippen LogP contribution in [0, 0.1) is 17.3 Å². The van der Waals surface area contributed by atoms with Crippen molar-refractivity contribution < 1.29 is 41.8 Å². The number of amides is 4. The lowest BCUT2D eigenvalue weighted by atomic mass is 9.85. The van der Waals surface area contributed by atoms with Gasteiger partial charge in [0.15, 0.2) is 0 Å². The third kappa shape index (κ3) is 9.00. The van der Waals surface area contributed by atoms with Crippen molar-refractivity contribution in [2.24, 2.45) is 17.3 Å². The molecule has 0 unspecified atom stereocenters. The van der Waals surface area contributed by atoms with Gasteiger partial charge < -0.3 is 29.7 Å². The van der Waals surface area contributed by atoms with Crippen molar-refractivity contribution in [3.8, 4) is 11.6 Å². The zero-order valence-corrected chi connectivity index (χ0v) is 33.4. The van der Waals surface area contributed by atoms with Crippen LogP contribution in [-0.2, 0) is 35.6 Å². The minimum absolute atomic E-state index is 0.000443. The van der Waals surface area contributed by atoms with Crippen molar-refractivity contribution in [2.45, 2.75) is 127 Å². The molecule has 3 fully saturated rings. The maximum Gasteiger partial charge on any atom is 0.408 e. The first-order valence-electron chi connectivity index (χ1n) is 19.2. The van der Waals surface area contributed by atoms with E-state index in [4.69, 9.17) is 24.2 Å². The van der Waals surface area contributed by atoms with Crippen molar-refractivity contribution in [1.29, 1.82) is 0 Å². The van der Waals surface area contributed by atoms with E-state index in [0.29, 0.717) is 41.7 Å². The molecule has 7 atom stereocenters. The Kier molecular flexibility index (Phi) is 11.4. The summed E-state index contributed by atoms with van der Waals surface area (Å²) in [6, 6.07) is 3.13. The molecule has 2 aromatic rings. The van der Waals surface area contributed by atoms with Gasteiger partial charge in [-0.1, -0.05) is 46.6 Å². The minimum Gasteiger partial charge on any atom is -0.497 e. The maximum atomic E-state index is 14.6. The molecule has 2 aliphatic heterocycles. The molecule has 1 saturated heterocycles. The normalized spacial score (nSPS) is 26.7. The van der Waals surface area contributed by atoms with Gasteiger partial charge in [-0.15, -0.1) is 6.58 Å². The molecule has 4 amide bonds. The molecule has 0 radical (unpaired) electrons. The van der Waals surface area contributed by atoms with Crippen LogP contribution in [0.4, 0.5) is 4.79 Å². The third-order valence-electron chi connectivity index (χ3n) is 11.3. The number of nitrogens with zero attached hydrogens (tertiary/aromatic N) is 3. The number of methoxy groups -OCH3 is 1. The average Bonchev–Trinajstić information content (AvgIpc) is 4.06. The lowest BCUT2D eigenvalue weighted by Gasteiger charge is -2.37. The number of hydrogen-bond acceptors (Lipinski definition) is 11. The van der Waals surface area contributed by atoms with Crippen LogP contribution in [-0.4, -0.2) is 95.8 Å². The fraction of sp³-hybridized carbons (Fsp3) is 0.641. The van der Waals surface area contributed by atoms with Crippen LogP contribution in [0.2, 0.25) is 0 Å². The van der Waals surface area contributed by atoms with Gasteiger partial charge >= 0.3 is 6.09 Å². The molecule has 0 spiro atoms. The second-order valence-corrected chi connectivity index (χ2v) is 18.6. The van der Waals surface area contributed by atoms with Crippen molar-refractivity contribution in [2.75, 3.05) is 13.7 Å². The number of carbonyl (C=O) groups excluding carboxylic acids is 4. The molecule has 3 N–H and O–H groups in total. The molecule has 2 aliphatic carbocycles. The van der Waals surface area contributed by atoms with E-state index in [1.54, 1.807) is 40.9 Å². The second-order valence-electron chi connectivity index (χ2n) is 16.7. The number of fused-ring (bicyclic) bond motifs is 5. The minimum atomic E-state index is -3.95. The first kappa shape index (κ1) is 40.2. The summed E-state index contributed by atoms with van der Waals surface area (Å²) in [4.78, 5) is 67.2. The van der Waals surface area contributed by atoms with Gasteiger partial charge in [0.2, 0.25) is 27.7 Å². The van der Waals surface area contributed by atoms with Crippen molar-refractivity contribution in [3.63, 3.8) is 0 Å². The molecule has 1 aromatic heterocycles. The highest BCUT2D eigenvalue weighted by Gasteiger charge is 2.50. The Morgan fingerprint density at radius 3 is 2.47 bits per heavy atom. The first-order chi connectivity index (χ1) is 25.9. The number of aryl methyl sites for hydroxylation is 1. The number of aromatic nitrogens is 2. The predicted octanol–water partition coefficient (Wildman–Crippen LogP) is 3.94. The molecular formula is C39H54N6O9S. The molecule has 2 saturated carbocycles. The predicted molar refractivity (Wildman–Crippen MR) is 204 cm³/mol. The summed E-state index contributed by atoms with van der Waals surface area (Å²) in [5.74, 6) is -1.75. The molecule has 15 nitrogen and oxygen atoms in total. The molecule has 1 aromatic carbocycles. The van der Waals surface area contributed by atoms with Crippen molar-refractivity contribution in [3.05, 3.63) is 36.5 Å². The maximum absolute atomic E-state index is 14.6. The summed E-state index contributed by atoms with van der Waals surface area (Å²) < 4.78 is 45.5. The number of carbonyl (C=O) groups is 4. The number of hydrogen-bond donors (Lipinski definition) is 3. The van der Waals surface area contributed by atoms with E-state index in [1.165, 1.54) is 17.9 Å². The summed E-state index contributed by atoms with van der Waals surface area (Å²) in [6.07, 6.45) is 5.60. The Morgan fingerprint density at radius 2 is 1.80 bits per heavy atom. The van der Waals surface area contributed by atoms with Crippen molar-refractivity contribution in [1.82, 2.24) is 30.2 Å². The van der Waals surface area contributed by atoms with Gasteiger partial charge in [0.1, 0.15) is 41.3 Å². The lowest BCUT2D eigenvalue weighted by molar-refractivity contribution is -0.143. The Balaban J connectivity index is 1.36. The fourth-order valence-electron chi connectivity index (χ4n) is 7.27. The van der Waals surface area contributed by atoms with Crippen LogP contribution >= 0.6 is 0 Å². The molecular weight excluding hydrogens is 729 g/mol. The molecule has 2 bridgehead atoms. The van der Waals surface area contributed by atoms with Gasteiger partial charge in [0, 0.05) is 18.4 Å². The van der Waals surface area contributed by atoms with E-state index in [0.717, 1.165) is 32.1 Å². The van der Waals surface area contributed by atoms with E-state index < -0.39 is 74.1 Å². The average molecular weight is 783 g/mol. The Hall–Kier alpha value is -4.47. The van der Waals surface area contributed by atoms with Crippen LogP contribution in [0.25, 0.3) is 11.0 Å². The number of ether oxygens (including phenoxy) is 3. The number of nitrogens with one attached hydrogen (secondary N) is 3. The number of benzene rings is 1. The molecule has 6 rings (SSSR count). The fourth-order valence-corrected chi connectivity index (χ4v) is 8.66. The number of rotatable bonds is 8. The topological polar surface area (TPSA) is 195 Å². The Labute approximate surface area is 322 Å². The van der Waals surface area contributed by atoms with Gasteiger partial charge in [0.05, 0.1) is 29.9 Å². The summed E-state index contributed by atoms with van der Waals surface area (Å²) in [7, 11) is -2.39. The lowest BCUT2D eigenvalue weighted by Crippen LogP contribution is -2.64. The van der Waals surface area contributed by atoms with Gasteiger partial charge in [-0.05, 0) is 68.9 Å². The number of alkyl carbamates (subject to hydrolysis) is 1. The second kappa shape index (κ2) is 15.6. The number of sulfonamides is 1. The van der Waals surface area contributed by atoms with Gasteiger partial charge in [-0.3, -0.25) is 19.1 Å². The summed E-state index contributed by atoms with van der Waals surface area (Å²) in [5, 5.41) is 4.91. The Morgan fingerprint density at radius 1 is 1.05 bits per heavy atom. The molecule has 55 heavy (non-hydrogen) atoms. The third-order valence-corrected chi connectivity index (χ3v) is 13.1. The largest absolute Gasteiger partial charge is 0.497 e. The van der Waals surface area contributed by atoms with Crippen LogP contribution in [0.1, 0.15) is 91.7 Å². The van der Waals surface area contributed by atoms with E-state index in [2.05, 4.69) is 21.9 Å². The molecule has 16 heteroatoms. The summed E-state index contributed by atoms with van der Waals surface area (Å²) >= 11 is 0. The molecule has 4 aliphatic rings. The van der Waals surface area contributed by atoms with Crippen LogP contribution in [0.5, 0.6) is 11.6 Å². The highest BCUT2D eigenvalue weighted by atomic mass is 32.2. The smallest absolute Gasteiger partial charge is 0.408 e. The van der Waals surface area contributed by atoms with E-state index in [9.17, 15) is 27.6 Å². The monoisotopic (exact) mass is 782 g/mol. The van der Waals surface area contributed by atoms with Crippen LogP contribution in [0.15, 0.2) is 30.9 Å². The highest BCUT2D eigenvalue weighted by Crippen LogP contribution is 2.39. The van der Waals surface area contributed by atoms with E-state index in [1.807, 2.05) is 12.1 Å². The zero-order valence-electron chi connectivity index (χ0n) is 32.6.